The van der Waals surface area contributed by atoms with E-state index in [0.29, 0.717) is 17.1 Å². The van der Waals surface area contributed by atoms with E-state index in [-0.39, 0.29) is 0 Å². The number of nitrogens with zero attached hydrogens (tertiary/aromatic N) is 3. The number of nitriles is 1. The Morgan fingerprint density at radius 2 is 0.962 bits per heavy atom. The van der Waals surface area contributed by atoms with E-state index in [1.165, 1.54) is 22.3 Å². The van der Waals surface area contributed by atoms with Crippen LogP contribution in [0.15, 0.2) is 176 Å². The second-order valence-electron chi connectivity index (χ2n) is 13.3. The van der Waals surface area contributed by atoms with E-state index >= 15 is 0 Å². The zero-order valence-electron chi connectivity index (χ0n) is 28.0. The van der Waals surface area contributed by atoms with Crippen molar-refractivity contribution >= 4 is 0 Å². The van der Waals surface area contributed by atoms with Crippen LogP contribution < -0.4 is 4.74 Å². The molecule has 0 saturated carbocycles. The van der Waals surface area contributed by atoms with Crippen molar-refractivity contribution < 1.29 is 4.74 Å². The first kappa shape index (κ1) is 29.8. The first-order valence-corrected chi connectivity index (χ1v) is 17.4. The third-order valence-corrected chi connectivity index (χ3v) is 10.4. The zero-order valence-corrected chi connectivity index (χ0v) is 28.0. The van der Waals surface area contributed by atoms with Crippen molar-refractivity contribution in [3.05, 3.63) is 204 Å². The summed E-state index contributed by atoms with van der Waals surface area (Å²) in [6.45, 7) is 0. The molecule has 0 bridgehead atoms. The maximum Gasteiger partial charge on any atom is 0.160 e. The Bertz CT molecular complexity index is 2630. The summed E-state index contributed by atoms with van der Waals surface area (Å²) in [5, 5.41) is 9.87. The molecule has 10 rings (SSSR count). The van der Waals surface area contributed by atoms with E-state index in [2.05, 4.69) is 121 Å². The summed E-state index contributed by atoms with van der Waals surface area (Å²) < 4.78 is 6.77. The molecule has 242 valence electrons. The van der Waals surface area contributed by atoms with Crippen molar-refractivity contribution in [1.29, 1.82) is 5.26 Å². The highest BCUT2D eigenvalue weighted by molar-refractivity contribution is 5.89. The Morgan fingerprint density at radius 3 is 1.65 bits per heavy atom. The standard InChI is InChI=1S/C48H29N3O/c49-30-31-22-24-41-45(26-31)52-46-28-35(23-25-42(46)48(41)39-20-9-7-18-37(39)38-19-8-10-21-40(38)48)34-16-11-17-36(27-34)44-29-43(32-12-3-1-4-13-32)50-47(51-44)33-14-5-2-6-15-33/h1-29H. The maximum absolute atomic E-state index is 9.87. The van der Waals surface area contributed by atoms with Gasteiger partial charge in [-0.25, -0.2) is 9.97 Å². The Kier molecular flexibility index (Phi) is 6.74. The number of hydrogen-bond acceptors (Lipinski definition) is 4. The van der Waals surface area contributed by atoms with Crippen LogP contribution in [-0.2, 0) is 5.41 Å². The molecule has 1 aliphatic heterocycles. The number of benzene rings is 7. The van der Waals surface area contributed by atoms with Crippen LogP contribution in [0, 0.1) is 11.3 Å². The fourth-order valence-electron chi connectivity index (χ4n) is 8.09. The summed E-state index contributed by atoms with van der Waals surface area (Å²) >= 11 is 0. The molecular weight excluding hydrogens is 635 g/mol. The molecule has 0 amide bonds. The van der Waals surface area contributed by atoms with Crippen LogP contribution in [0.4, 0.5) is 0 Å². The molecule has 8 aromatic rings. The largest absolute Gasteiger partial charge is 0.457 e. The predicted molar refractivity (Wildman–Crippen MR) is 206 cm³/mol. The molecule has 4 heteroatoms. The molecule has 52 heavy (non-hydrogen) atoms. The summed E-state index contributed by atoms with van der Waals surface area (Å²) in [6.07, 6.45) is 0. The molecule has 0 unspecified atom stereocenters. The summed E-state index contributed by atoms with van der Waals surface area (Å²) in [4.78, 5) is 10.1. The summed E-state index contributed by atoms with van der Waals surface area (Å²) in [7, 11) is 0. The molecule has 1 spiro atoms. The van der Waals surface area contributed by atoms with Crippen molar-refractivity contribution in [3.63, 3.8) is 0 Å². The second-order valence-corrected chi connectivity index (χ2v) is 13.3. The molecular formula is C48H29N3O. The van der Waals surface area contributed by atoms with Gasteiger partial charge in [-0.1, -0.05) is 146 Å². The second kappa shape index (κ2) is 11.8. The average Bonchev–Trinajstić information content (AvgIpc) is 3.51. The van der Waals surface area contributed by atoms with Crippen molar-refractivity contribution in [2.75, 3.05) is 0 Å². The third-order valence-electron chi connectivity index (χ3n) is 10.4. The van der Waals surface area contributed by atoms with E-state index in [1.807, 2.05) is 60.7 Å². The van der Waals surface area contributed by atoms with Gasteiger partial charge in [0.15, 0.2) is 5.82 Å². The Morgan fingerprint density at radius 1 is 0.423 bits per heavy atom. The fourth-order valence-corrected chi connectivity index (χ4v) is 8.09. The van der Waals surface area contributed by atoms with Gasteiger partial charge in [-0.2, -0.15) is 5.26 Å². The fraction of sp³-hybridized carbons (Fsp3) is 0.0208. The van der Waals surface area contributed by atoms with Crippen molar-refractivity contribution in [2.45, 2.75) is 5.41 Å². The molecule has 0 N–H and O–H groups in total. The van der Waals surface area contributed by atoms with Gasteiger partial charge in [0.05, 0.1) is 28.4 Å². The number of hydrogen-bond donors (Lipinski definition) is 0. The molecule has 1 aliphatic carbocycles. The summed E-state index contributed by atoms with van der Waals surface area (Å²) in [6, 6.07) is 63.0. The van der Waals surface area contributed by atoms with Crippen LogP contribution >= 0.6 is 0 Å². The van der Waals surface area contributed by atoms with Crippen molar-refractivity contribution in [3.8, 4) is 73.7 Å². The average molecular weight is 664 g/mol. The van der Waals surface area contributed by atoms with Crippen molar-refractivity contribution in [2.24, 2.45) is 0 Å². The molecule has 1 aromatic heterocycles. The minimum Gasteiger partial charge on any atom is -0.457 e. The number of aromatic nitrogens is 2. The molecule has 2 heterocycles. The lowest BCUT2D eigenvalue weighted by Crippen LogP contribution is -2.32. The quantitative estimate of drug-likeness (QED) is 0.188. The van der Waals surface area contributed by atoms with Gasteiger partial charge in [0.25, 0.3) is 0 Å². The normalized spacial score (nSPS) is 12.9. The van der Waals surface area contributed by atoms with Crippen LogP contribution in [0.3, 0.4) is 0 Å². The third kappa shape index (κ3) is 4.54. The lowest BCUT2D eigenvalue weighted by Gasteiger charge is -2.39. The predicted octanol–water partition coefficient (Wildman–Crippen LogP) is 11.5. The van der Waals surface area contributed by atoms with Crippen molar-refractivity contribution in [1.82, 2.24) is 9.97 Å². The molecule has 0 radical (unpaired) electrons. The monoisotopic (exact) mass is 663 g/mol. The van der Waals surface area contributed by atoms with Gasteiger partial charge in [-0.3, -0.25) is 0 Å². The topological polar surface area (TPSA) is 58.8 Å². The molecule has 0 saturated heterocycles. The minimum absolute atomic E-state index is 0.565. The molecule has 0 atom stereocenters. The van der Waals surface area contributed by atoms with Crippen LogP contribution in [0.5, 0.6) is 11.5 Å². The van der Waals surface area contributed by atoms with Gasteiger partial charge in [-0.05, 0) is 63.7 Å². The van der Waals surface area contributed by atoms with Crippen LogP contribution in [-0.4, -0.2) is 9.97 Å². The van der Waals surface area contributed by atoms with E-state index in [9.17, 15) is 5.26 Å². The van der Waals surface area contributed by atoms with Gasteiger partial charge >= 0.3 is 0 Å². The van der Waals surface area contributed by atoms with E-state index in [4.69, 9.17) is 14.7 Å². The summed E-state index contributed by atoms with van der Waals surface area (Å²) in [5.41, 5.74) is 13.7. The van der Waals surface area contributed by atoms with E-state index in [1.54, 1.807) is 0 Å². The van der Waals surface area contributed by atoms with Gasteiger partial charge in [0.1, 0.15) is 11.5 Å². The maximum atomic E-state index is 9.87. The van der Waals surface area contributed by atoms with Gasteiger partial charge in [0.2, 0.25) is 0 Å². The van der Waals surface area contributed by atoms with Gasteiger partial charge < -0.3 is 4.74 Å². The van der Waals surface area contributed by atoms with Gasteiger partial charge in [-0.15, -0.1) is 0 Å². The SMILES string of the molecule is N#Cc1ccc2c(c1)Oc1cc(-c3cccc(-c4cc(-c5ccccc5)nc(-c5ccccc5)n4)c3)ccc1C21c2ccccc2-c2ccccc21. The minimum atomic E-state index is -0.590. The van der Waals surface area contributed by atoms with Gasteiger partial charge in [0, 0.05) is 27.8 Å². The smallest absolute Gasteiger partial charge is 0.160 e. The highest BCUT2D eigenvalue weighted by Gasteiger charge is 2.51. The Hall–Kier alpha value is -7.09. The first-order chi connectivity index (χ1) is 25.7. The first-order valence-electron chi connectivity index (χ1n) is 17.4. The molecule has 2 aliphatic rings. The number of rotatable bonds is 4. The highest BCUT2D eigenvalue weighted by atomic mass is 16.5. The number of fused-ring (bicyclic) bond motifs is 9. The lowest BCUT2D eigenvalue weighted by molar-refractivity contribution is 0.436. The van der Waals surface area contributed by atoms with Crippen LogP contribution in [0.1, 0.15) is 27.8 Å². The molecule has 0 fully saturated rings. The Balaban J connectivity index is 1.13. The lowest BCUT2D eigenvalue weighted by atomic mass is 9.66. The van der Waals surface area contributed by atoms with Crippen LogP contribution in [0.2, 0.25) is 0 Å². The van der Waals surface area contributed by atoms with E-state index < -0.39 is 5.41 Å². The summed E-state index contributed by atoms with van der Waals surface area (Å²) in [5.74, 6) is 2.16. The molecule has 4 nitrogen and oxygen atoms in total. The number of ether oxygens (including phenoxy) is 1. The van der Waals surface area contributed by atoms with E-state index in [0.717, 1.165) is 56.1 Å². The van der Waals surface area contributed by atoms with Crippen LogP contribution in [0.25, 0.3) is 56.2 Å². The zero-order chi connectivity index (χ0) is 34.6. The highest BCUT2D eigenvalue weighted by Crippen LogP contribution is 2.62. The Labute approximate surface area is 301 Å². The molecule has 7 aromatic carbocycles.